The molecule has 106 valence electrons. The van der Waals surface area contributed by atoms with E-state index in [0.717, 1.165) is 0 Å². The molecule has 0 saturated carbocycles. The summed E-state index contributed by atoms with van der Waals surface area (Å²) in [6.45, 7) is 2.02. The smallest absolute Gasteiger partial charge is 0.337 e. The summed E-state index contributed by atoms with van der Waals surface area (Å²) in [4.78, 5) is 15.4. The van der Waals surface area contributed by atoms with Crippen LogP contribution in [-0.4, -0.2) is 27.7 Å². The Balaban J connectivity index is 2.19. The molecule has 0 aliphatic rings. The van der Waals surface area contributed by atoms with Crippen LogP contribution in [0.25, 0.3) is 0 Å². The van der Waals surface area contributed by atoms with Gasteiger partial charge in [0.2, 0.25) is 5.95 Å². The van der Waals surface area contributed by atoms with E-state index in [0.29, 0.717) is 18.7 Å². The Morgan fingerprint density at radius 1 is 1.35 bits per heavy atom. The van der Waals surface area contributed by atoms with E-state index in [1.54, 1.807) is 6.92 Å². The van der Waals surface area contributed by atoms with Crippen molar-refractivity contribution < 1.29 is 22.7 Å². The summed E-state index contributed by atoms with van der Waals surface area (Å²) in [6.07, 6.45) is 0. The van der Waals surface area contributed by atoms with Crippen LogP contribution in [0, 0.1) is 17.5 Å². The van der Waals surface area contributed by atoms with Gasteiger partial charge >= 0.3 is 6.01 Å². The molecule has 6 nitrogen and oxygen atoms in total. The number of nitrogens with zero attached hydrogens (tertiary/aromatic N) is 2. The Labute approximate surface area is 111 Å². The summed E-state index contributed by atoms with van der Waals surface area (Å²) >= 11 is 0. The Kier molecular flexibility index (Phi) is 3.87. The third-order valence-electron chi connectivity index (χ3n) is 2.20. The topological polar surface area (TPSA) is 79.9 Å². The van der Waals surface area contributed by atoms with E-state index < -0.39 is 28.9 Å². The predicted octanol–water partition coefficient (Wildman–Crippen LogP) is 1.87. The van der Waals surface area contributed by atoms with Crippen molar-refractivity contribution in [2.24, 2.45) is 0 Å². The molecule has 1 heterocycles. The van der Waals surface area contributed by atoms with Gasteiger partial charge in [0.25, 0.3) is 5.91 Å². The maximum absolute atomic E-state index is 13.4. The second kappa shape index (κ2) is 5.59. The highest BCUT2D eigenvalue weighted by Gasteiger charge is 2.20. The Morgan fingerprint density at radius 2 is 2.00 bits per heavy atom. The number of hydrogen-bond donors (Lipinski definition) is 2. The zero-order valence-electron chi connectivity index (χ0n) is 10.2. The van der Waals surface area contributed by atoms with Crippen molar-refractivity contribution in [3.63, 3.8) is 0 Å². The average Bonchev–Trinajstić information content (AvgIpc) is 2.75. The van der Waals surface area contributed by atoms with Gasteiger partial charge < -0.3 is 4.74 Å². The second-order valence-corrected chi connectivity index (χ2v) is 3.60. The molecule has 0 saturated heterocycles. The summed E-state index contributed by atoms with van der Waals surface area (Å²) in [5, 5.41) is 7.98. The molecule has 20 heavy (non-hydrogen) atoms. The van der Waals surface area contributed by atoms with Crippen LogP contribution < -0.4 is 10.1 Å². The molecule has 2 N–H and O–H groups in total. The first kappa shape index (κ1) is 13.8. The standard InChI is InChI=1S/C11H9F3N4O2/c1-2-20-11-16-10(17-18-11)15-9(19)8-6(13)3-5(12)4-7(8)14/h3-4H,2H2,1H3,(H2,15,16,17,18,19). The molecule has 1 aromatic heterocycles. The van der Waals surface area contributed by atoms with Gasteiger partial charge in [-0.15, -0.1) is 5.10 Å². The monoisotopic (exact) mass is 286 g/mol. The van der Waals surface area contributed by atoms with Gasteiger partial charge in [0.1, 0.15) is 23.0 Å². The van der Waals surface area contributed by atoms with Gasteiger partial charge in [-0.05, 0) is 6.92 Å². The number of aromatic nitrogens is 3. The second-order valence-electron chi connectivity index (χ2n) is 3.60. The maximum Gasteiger partial charge on any atom is 0.337 e. The molecule has 0 bridgehead atoms. The van der Waals surface area contributed by atoms with Gasteiger partial charge in [-0.25, -0.2) is 18.3 Å². The lowest BCUT2D eigenvalue weighted by Gasteiger charge is -2.04. The lowest BCUT2D eigenvalue weighted by molar-refractivity contribution is 0.101. The number of nitrogens with one attached hydrogen (secondary N) is 2. The van der Waals surface area contributed by atoms with Gasteiger partial charge in [-0.2, -0.15) is 4.98 Å². The molecule has 0 atom stereocenters. The van der Waals surface area contributed by atoms with Crippen LogP contribution in [-0.2, 0) is 0 Å². The Hall–Kier alpha value is -2.58. The van der Waals surface area contributed by atoms with Gasteiger partial charge in [0.05, 0.1) is 6.61 Å². The molecule has 0 radical (unpaired) electrons. The largest absolute Gasteiger partial charge is 0.463 e. The number of H-pyrrole nitrogens is 1. The molecule has 2 rings (SSSR count). The first-order valence-corrected chi connectivity index (χ1v) is 5.52. The molecular formula is C11H9F3N4O2. The molecule has 0 aliphatic heterocycles. The number of rotatable bonds is 4. The van der Waals surface area contributed by atoms with E-state index in [2.05, 4.69) is 20.5 Å². The van der Waals surface area contributed by atoms with E-state index in [1.165, 1.54) is 0 Å². The molecular weight excluding hydrogens is 277 g/mol. The van der Waals surface area contributed by atoms with Gasteiger partial charge in [0, 0.05) is 12.1 Å². The normalized spacial score (nSPS) is 10.4. The highest BCUT2D eigenvalue weighted by Crippen LogP contribution is 2.16. The van der Waals surface area contributed by atoms with Crippen molar-refractivity contribution in [1.82, 2.24) is 15.2 Å². The number of amides is 1. The van der Waals surface area contributed by atoms with E-state index in [9.17, 15) is 18.0 Å². The number of benzene rings is 1. The third kappa shape index (κ3) is 2.87. The Morgan fingerprint density at radius 3 is 2.60 bits per heavy atom. The van der Waals surface area contributed by atoms with Crippen LogP contribution >= 0.6 is 0 Å². The lowest BCUT2D eigenvalue weighted by atomic mass is 10.2. The van der Waals surface area contributed by atoms with Crippen molar-refractivity contribution in [3.8, 4) is 6.01 Å². The zero-order valence-corrected chi connectivity index (χ0v) is 10.2. The number of ether oxygens (including phenoxy) is 1. The van der Waals surface area contributed by atoms with Crippen molar-refractivity contribution in [3.05, 3.63) is 35.1 Å². The summed E-state index contributed by atoms with van der Waals surface area (Å²) in [7, 11) is 0. The number of hydrogen-bond acceptors (Lipinski definition) is 4. The minimum atomic E-state index is -1.32. The molecule has 9 heteroatoms. The maximum atomic E-state index is 13.4. The number of halogens is 3. The molecule has 0 unspecified atom stereocenters. The molecule has 1 aromatic carbocycles. The van der Waals surface area contributed by atoms with Crippen LogP contribution in [0.3, 0.4) is 0 Å². The fraction of sp³-hybridized carbons (Fsp3) is 0.182. The molecule has 0 spiro atoms. The van der Waals surface area contributed by atoms with E-state index in [1.807, 2.05) is 0 Å². The van der Waals surface area contributed by atoms with E-state index >= 15 is 0 Å². The van der Waals surface area contributed by atoms with Crippen molar-refractivity contribution >= 4 is 11.9 Å². The van der Waals surface area contributed by atoms with Crippen molar-refractivity contribution in [1.29, 1.82) is 0 Å². The molecule has 1 amide bonds. The molecule has 2 aromatic rings. The molecule has 0 aliphatic carbocycles. The van der Waals surface area contributed by atoms with Crippen LogP contribution in [0.2, 0.25) is 0 Å². The fourth-order valence-corrected chi connectivity index (χ4v) is 1.43. The SMILES string of the molecule is CCOc1n[nH]c(NC(=O)c2c(F)cc(F)cc2F)n1. The van der Waals surface area contributed by atoms with Crippen LogP contribution in [0.4, 0.5) is 19.1 Å². The molecule has 0 fully saturated rings. The Bertz CT molecular complexity index is 621. The minimum absolute atomic E-state index is 0.0251. The third-order valence-corrected chi connectivity index (χ3v) is 2.20. The van der Waals surface area contributed by atoms with Crippen LogP contribution in [0.1, 0.15) is 17.3 Å². The number of anilines is 1. The quantitative estimate of drug-likeness (QED) is 0.899. The number of aromatic amines is 1. The summed E-state index contributed by atoms with van der Waals surface area (Å²) < 4.78 is 44.4. The van der Waals surface area contributed by atoms with E-state index in [4.69, 9.17) is 4.74 Å². The zero-order chi connectivity index (χ0) is 14.7. The van der Waals surface area contributed by atoms with Gasteiger partial charge in [0.15, 0.2) is 0 Å². The number of carbonyl (C=O) groups excluding carboxylic acids is 1. The van der Waals surface area contributed by atoms with E-state index in [-0.39, 0.29) is 12.0 Å². The minimum Gasteiger partial charge on any atom is -0.463 e. The fourth-order valence-electron chi connectivity index (χ4n) is 1.43. The summed E-state index contributed by atoms with van der Waals surface area (Å²) in [5.74, 6) is -5.02. The van der Waals surface area contributed by atoms with Crippen molar-refractivity contribution in [2.45, 2.75) is 6.92 Å². The summed E-state index contributed by atoms with van der Waals surface area (Å²) in [5.41, 5.74) is -0.916. The first-order chi connectivity index (χ1) is 9.51. The highest BCUT2D eigenvalue weighted by molar-refractivity contribution is 6.03. The highest BCUT2D eigenvalue weighted by atomic mass is 19.1. The van der Waals surface area contributed by atoms with Crippen LogP contribution in [0.5, 0.6) is 6.01 Å². The average molecular weight is 286 g/mol. The first-order valence-electron chi connectivity index (χ1n) is 5.52. The van der Waals surface area contributed by atoms with Gasteiger partial charge in [-0.1, -0.05) is 0 Å². The van der Waals surface area contributed by atoms with Gasteiger partial charge in [-0.3, -0.25) is 10.1 Å². The number of carbonyl (C=O) groups is 1. The lowest BCUT2D eigenvalue weighted by Crippen LogP contribution is -2.17. The predicted molar refractivity (Wildman–Crippen MR) is 61.8 cm³/mol. The van der Waals surface area contributed by atoms with Crippen molar-refractivity contribution in [2.75, 3.05) is 11.9 Å². The summed E-state index contributed by atoms with van der Waals surface area (Å²) in [6, 6.07) is 0.788. The van der Waals surface area contributed by atoms with Crippen LogP contribution in [0.15, 0.2) is 12.1 Å².